The zero-order chi connectivity index (χ0) is 15.2. The van der Waals surface area contributed by atoms with Gasteiger partial charge in [0.05, 0.1) is 11.4 Å². The zero-order valence-electron chi connectivity index (χ0n) is 12.3. The molecule has 0 aliphatic carbocycles. The number of rotatable bonds is 1. The third-order valence-electron chi connectivity index (χ3n) is 4.20. The van der Waals surface area contributed by atoms with E-state index in [9.17, 15) is 4.79 Å². The van der Waals surface area contributed by atoms with Gasteiger partial charge in [0.25, 0.3) is 5.91 Å². The summed E-state index contributed by atoms with van der Waals surface area (Å²) in [6.45, 7) is 6.19. The normalized spacial score (nSPS) is 25.8. The maximum atomic E-state index is 13.0. The number of allylic oxidation sites excluding steroid dienone is 1. The molecular weight excluding hydrogens is 304 g/mol. The number of nitrogens with zero attached hydrogens (tertiary/aromatic N) is 2. The van der Waals surface area contributed by atoms with Crippen LogP contribution in [0, 0.1) is 0 Å². The molecule has 3 nitrogen and oxygen atoms in total. The molecule has 0 N–H and O–H groups in total. The lowest BCUT2D eigenvalue weighted by Gasteiger charge is -2.32. The minimum Gasteiger partial charge on any atom is -0.270 e. The van der Waals surface area contributed by atoms with Crippen molar-refractivity contribution in [2.75, 3.05) is 10.8 Å². The van der Waals surface area contributed by atoms with Gasteiger partial charge in [-0.05, 0) is 45.4 Å². The minimum absolute atomic E-state index is 0.0408. The molecule has 1 atom stereocenters. The van der Waals surface area contributed by atoms with Gasteiger partial charge in [-0.15, -0.1) is 11.8 Å². The third-order valence-corrected chi connectivity index (χ3v) is 6.12. The number of halogens is 1. The highest BCUT2D eigenvalue weighted by Gasteiger charge is 2.51. The van der Waals surface area contributed by atoms with Gasteiger partial charge in [0.2, 0.25) is 0 Å². The number of carbonyl (C=O) groups is 1. The average molecular weight is 321 g/mol. The summed E-state index contributed by atoms with van der Waals surface area (Å²) >= 11 is 7.72. The van der Waals surface area contributed by atoms with E-state index in [0.29, 0.717) is 5.02 Å². The van der Waals surface area contributed by atoms with E-state index in [4.69, 9.17) is 11.6 Å². The van der Waals surface area contributed by atoms with Crippen LogP contribution in [0.1, 0.15) is 27.2 Å². The predicted octanol–water partition coefficient (Wildman–Crippen LogP) is 4.27. The highest BCUT2D eigenvalue weighted by atomic mass is 35.5. The Hall–Kier alpha value is -1.26. The SMILES string of the molecule is CC1=NN(c2cccc(Cl)c2)C(=O)C12CC(C)=C(C)CS2. The van der Waals surface area contributed by atoms with Crippen LogP contribution in [-0.4, -0.2) is 22.1 Å². The Kier molecular flexibility index (Phi) is 3.62. The Morgan fingerprint density at radius 1 is 1.29 bits per heavy atom. The van der Waals surface area contributed by atoms with Gasteiger partial charge in [0.15, 0.2) is 0 Å². The van der Waals surface area contributed by atoms with Crippen molar-refractivity contribution in [1.82, 2.24) is 0 Å². The topological polar surface area (TPSA) is 32.7 Å². The monoisotopic (exact) mass is 320 g/mol. The molecule has 1 aromatic carbocycles. The largest absolute Gasteiger partial charge is 0.270 e. The second kappa shape index (κ2) is 5.18. The van der Waals surface area contributed by atoms with Gasteiger partial charge in [0, 0.05) is 10.8 Å². The lowest BCUT2D eigenvalue weighted by atomic mass is 9.92. The van der Waals surface area contributed by atoms with Gasteiger partial charge in [0.1, 0.15) is 4.75 Å². The van der Waals surface area contributed by atoms with E-state index < -0.39 is 4.75 Å². The molecule has 1 unspecified atom stereocenters. The molecule has 0 saturated carbocycles. The van der Waals surface area contributed by atoms with E-state index in [1.807, 2.05) is 19.1 Å². The number of hydrogen-bond donors (Lipinski definition) is 0. The standard InChI is InChI=1S/C16H17ClN2OS/c1-10-8-16(21-9-11(10)2)12(3)18-19(15(16)20)14-6-4-5-13(17)7-14/h4-7H,8-9H2,1-3H3. The van der Waals surface area contributed by atoms with Gasteiger partial charge in [-0.2, -0.15) is 10.1 Å². The molecule has 5 heteroatoms. The number of amides is 1. The summed E-state index contributed by atoms with van der Waals surface area (Å²) in [7, 11) is 0. The third kappa shape index (κ3) is 2.30. The van der Waals surface area contributed by atoms with E-state index >= 15 is 0 Å². The molecule has 0 saturated heterocycles. The second-order valence-corrected chi connectivity index (χ2v) is 7.35. The van der Waals surface area contributed by atoms with Crippen LogP contribution in [0.15, 0.2) is 40.5 Å². The Morgan fingerprint density at radius 2 is 2.05 bits per heavy atom. The number of carbonyl (C=O) groups excluding carboxylic acids is 1. The van der Waals surface area contributed by atoms with Crippen molar-refractivity contribution >= 4 is 40.7 Å². The highest BCUT2D eigenvalue weighted by molar-refractivity contribution is 8.02. The first-order valence-corrected chi connectivity index (χ1v) is 8.25. The Bertz CT molecular complexity index is 683. The molecular formula is C16H17ClN2OS. The van der Waals surface area contributed by atoms with Gasteiger partial charge < -0.3 is 0 Å². The van der Waals surface area contributed by atoms with Crippen molar-refractivity contribution in [3.63, 3.8) is 0 Å². The fourth-order valence-electron chi connectivity index (χ4n) is 2.68. The molecule has 0 bridgehead atoms. The first-order valence-electron chi connectivity index (χ1n) is 6.89. The Labute approximate surface area is 134 Å². The highest BCUT2D eigenvalue weighted by Crippen LogP contribution is 2.45. The first kappa shape index (κ1) is 14.7. The smallest absolute Gasteiger partial charge is 0.269 e. The summed E-state index contributed by atoms with van der Waals surface area (Å²) in [5.74, 6) is 0.924. The molecule has 1 amide bonds. The van der Waals surface area contributed by atoms with E-state index in [0.717, 1.165) is 23.6 Å². The summed E-state index contributed by atoms with van der Waals surface area (Å²) in [6.07, 6.45) is 0.745. The molecule has 2 aliphatic rings. The van der Waals surface area contributed by atoms with E-state index in [-0.39, 0.29) is 5.91 Å². The van der Waals surface area contributed by atoms with Crippen LogP contribution in [0.25, 0.3) is 0 Å². The second-order valence-electron chi connectivity index (χ2n) is 5.64. The summed E-state index contributed by atoms with van der Waals surface area (Å²) in [5.41, 5.74) is 4.27. The van der Waals surface area contributed by atoms with Crippen molar-refractivity contribution in [2.45, 2.75) is 31.9 Å². The van der Waals surface area contributed by atoms with Crippen molar-refractivity contribution < 1.29 is 4.79 Å². The molecule has 1 aromatic rings. The van der Waals surface area contributed by atoms with Gasteiger partial charge >= 0.3 is 0 Å². The lowest BCUT2D eigenvalue weighted by molar-refractivity contribution is -0.118. The zero-order valence-corrected chi connectivity index (χ0v) is 13.9. The van der Waals surface area contributed by atoms with Crippen LogP contribution in [0.2, 0.25) is 5.02 Å². The molecule has 3 rings (SSSR count). The van der Waals surface area contributed by atoms with E-state index in [2.05, 4.69) is 18.9 Å². The first-order chi connectivity index (χ1) is 9.94. The molecule has 2 heterocycles. The van der Waals surface area contributed by atoms with Crippen molar-refractivity contribution in [3.8, 4) is 0 Å². The summed E-state index contributed by atoms with van der Waals surface area (Å²) in [6, 6.07) is 7.27. The van der Waals surface area contributed by atoms with E-state index in [1.165, 1.54) is 16.2 Å². The van der Waals surface area contributed by atoms with Crippen LogP contribution in [0.5, 0.6) is 0 Å². The number of hydrogen-bond acceptors (Lipinski definition) is 3. The van der Waals surface area contributed by atoms with Crippen LogP contribution in [-0.2, 0) is 4.79 Å². The molecule has 0 fully saturated rings. The lowest BCUT2D eigenvalue weighted by Crippen LogP contribution is -2.45. The minimum atomic E-state index is -0.536. The quantitative estimate of drug-likeness (QED) is 0.724. The fraction of sp³-hybridized carbons (Fsp3) is 0.375. The predicted molar refractivity (Wildman–Crippen MR) is 90.2 cm³/mol. The molecule has 1 spiro atoms. The summed E-state index contributed by atoms with van der Waals surface area (Å²) < 4.78 is -0.536. The Morgan fingerprint density at radius 3 is 2.71 bits per heavy atom. The number of anilines is 1. The van der Waals surface area contributed by atoms with Crippen LogP contribution < -0.4 is 5.01 Å². The molecule has 0 radical (unpaired) electrons. The van der Waals surface area contributed by atoms with Crippen LogP contribution in [0.4, 0.5) is 5.69 Å². The molecule has 2 aliphatic heterocycles. The maximum Gasteiger partial charge on any atom is 0.269 e. The van der Waals surface area contributed by atoms with Crippen LogP contribution >= 0.6 is 23.4 Å². The van der Waals surface area contributed by atoms with Crippen LogP contribution in [0.3, 0.4) is 0 Å². The number of benzene rings is 1. The number of hydrazone groups is 1. The van der Waals surface area contributed by atoms with Crippen molar-refractivity contribution in [1.29, 1.82) is 0 Å². The van der Waals surface area contributed by atoms with Gasteiger partial charge in [-0.1, -0.05) is 28.8 Å². The summed E-state index contributed by atoms with van der Waals surface area (Å²) in [4.78, 5) is 13.0. The molecule has 110 valence electrons. The molecule has 0 aromatic heterocycles. The fourth-order valence-corrected chi connectivity index (χ4v) is 4.36. The average Bonchev–Trinajstić information content (AvgIpc) is 2.68. The molecule has 21 heavy (non-hydrogen) atoms. The van der Waals surface area contributed by atoms with Crippen molar-refractivity contribution in [2.24, 2.45) is 5.10 Å². The maximum absolute atomic E-state index is 13.0. The van der Waals surface area contributed by atoms with Crippen molar-refractivity contribution in [3.05, 3.63) is 40.4 Å². The van der Waals surface area contributed by atoms with E-state index in [1.54, 1.807) is 23.9 Å². The number of thioether (sulfide) groups is 1. The Balaban J connectivity index is 1.99. The van der Waals surface area contributed by atoms with Gasteiger partial charge in [-0.3, -0.25) is 4.79 Å². The summed E-state index contributed by atoms with van der Waals surface area (Å²) in [5, 5.41) is 6.63. The van der Waals surface area contributed by atoms with Gasteiger partial charge in [-0.25, -0.2) is 0 Å².